The Bertz CT molecular complexity index is 751. The molecule has 2 heterocycles. The number of rotatable bonds is 2. The summed E-state index contributed by atoms with van der Waals surface area (Å²) in [5, 5.41) is 3.79. The highest BCUT2D eigenvalue weighted by atomic mass is 79.9. The number of nitrogens with zero attached hydrogens (tertiary/aromatic N) is 1. The first-order valence-electron chi connectivity index (χ1n) is 5.73. The predicted molar refractivity (Wildman–Crippen MR) is 78.2 cm³/mol. The molecular formula is C14H10BrN3O. The monoisotopic (exact) mass is 315 g/mol. The molecule has 19 heavy (non-hydrogen) atoms. The molecule has 5 heteroatoms. The molecule has 0 aliphatic carbocycles. The molecule has 0 aliphatic heterocycles. The van der Waals surface area contributed by atoms with Gasteiger partial charge >= 0.3 is 0 Å². The molecule has 3 aromatic rings. The maximum Gasteiger partial charge on any atom is 0.258 e. The van der Waals surface area contributed by atoms with Crippen molar-refractivity contribution in [2.24, 2.45) is 0 Å². The van der Waals surface area contributed by atoms with Gasteiger partial charge in [0, 0.05) is 22.3 Å². The fourth-order valence-electron chi connectivity index (χ4n) is 1.93. The van der Waals surface area contributed by atoms with Gasteiger partial charge in [-0.3, -0.25) is 4.79 Å². The molecule has 0 aliphatic rings. The van der Waals surface area contributed by atoms with Gasteiger partial charge in [0.25, 0.3) is 5.91 Å². The zero-order chi connectivity index (χ0) is 13.2. The van der Waals surface area contributed by atoms with Crippen LogP contribution in [-0.2, 0) is 0 Å². The van der Waals surface area contributed by atoms with Crippen LogP contribution in [0.15, 0.2) is 53.3 Å². The fourth-order valence-corrected chi connectivity index (χ4v) is 2.27. The molecule has 0 atom stereocenters. The lowest BCUT2D eigenvalue weighted by Gasteiger charge is -2.05. The van der Waals surface area contributed by atoms with E-state index in [1.54, 1.807) is 24.4 Å². The van der Waals surface area contributed by atoms with Crippen molar-refractivity contribution in [3.63, 3.8) is 0 Å². The summed E-state index contributed by atoms with van der Waals surface area (Å²) in [4.78, 5) is 19.4. The third-order valence-electron chi connectivity index (χ3n) is 2.80. The van der Waals surface area contributed by atoms with E-state index in [-0.39, 0.29) is 5.91 Å². The van der Waals surface area contributed by atoms with Gasteiger partial charge in [-0.05, 0) is 24.3 Å². The Morgan fingerprint density at radius 1 is 1.26 bits per heavy atom. The zero-order valence-electron chi connectivity index (χ0n) is 9.85. The molecule has 4 nitrogen and oxygen atoms in total. The molecule has 2 N–H and O–H groups in total. The number of aromatic amines is 1. The second-order valence-corrected chi connectivity index (χ2v) is 4.98. The van der Waals surface area contributed by atoms with Gasteiger partial charge in [-0.15, -0.1) is 0 Å². The number of benzene rings is 1. The standard InChI is InChI=1S/C14H10BrN3O/c15-10-5-7-16-12(8-10)18-14(19)11-3-1-2-9-4-6-17-13(9)11/h1-8,17H,(H,16,18,19). The SMILES string of the molecule is O=C(Nc1cc(Br)ccn1)c1cccc2cc[nH]c12. The van der Waals surface area contributed by atoms with Crippen LogP contribution in [0.25, 0.3) is 10.9 Å². The van der Waals surface area contributed by atoms with Crippen molar-refractivity contribution >= 4 is 38.6 Å². The maximum absolute atomic E-state index is 12.3. The van der Waals surface area contributed by atoms with Crippen molar-refractivity contribution < 1.29 is 4.79 Å². The molecule has 94 valence electrons. The van der Waals surface area contributed by atoms with Gasteiger partial charge < -0.3 is 10.3 Å². The highest BCUT2D eigenvalue weighted by molar-refractivity contribution is 9.10. The molecule has 0 fully saturated rings. The first-order chi connectivity index (χ1) is 9.24. The second kappa shape index (κ2) is 4.85. The topological polar surface area (TPSA) is 57.8 Å². The summed E-state index contributed by atoms with van der Waals surface area (Å²) >= 11 is 3.34. The van der Waals surface area contributed by atoms with Gasteiger partial charge in [0.05, 0.1) is 11.1 Å². The van der Waals surface area contributed by atoms with E-state index in [1.807, 2.05) is 24.4 Å². The lowest BCUT2D eigenvalue weighted by atomic mass is 10.1. The third-order valence-corrected chi connectivity index (χ3v) is 3.29. The van der Waals surface area contributed by atoms with Gasteiger partial charge in [-0.1, -0.05) is 28.1 Å². The molecule has 0 spiro atoms. The summed E-state index contributed by atoms with van der Waals surface area (Å²) in [7, 11) is 0. The number of anilines is 1. The van der Waals surface area contributed by atoms with E-state index in [4.69, 9.17) is 0 Å². The zero-order valence-corrected chi connectivity index (χ0v) is 11.4. The average molecular weight is 316 g/mol. The molecule has 0 saturated heterocycles. The molecule has 0 saturated carbocycles. The van der Waals surface area contributed by atoms with Crippen molar-refractivity contribution in [1.29, 1.82) is 0 Å². The smallest absolute Gasteiger partial charge is 0.258 e. The van der Waals surface area contributed by atoms with Crippen molar-refractivity contribution in [1.82, 2.24) is 9.97 Å². The number of halogens is 1. The Kier molecular flexibility index (Phi) is 3.05. The van der Waals surface area contributed by atoms with Gasteiger partial charge in [-0.25, -0.2) is 4.98 Å². The van der Waals surface area contributed by atoms with E-state index < -0.39 is 0 Å². The number of amides is 1. The Balaban J connectivity index is 1.94. The minimum atomic E-state index is -0.182. The highest BCUT2D eigenvalue weighted by Gasteiger charge is 2.11. The minimum Gasteiger partial charge on any atom is -0.361 e. The number of H-pyrrole nitrogens is 1. The molecular weight excluding hydrogens is 306 g/mol. The number of para-hydroxylation sites is 1. The molecule has 1 aromatic carbocycles. The second-order valence-electron chi connectivity index (χ2n) is 4.06. The summed E-state index contributed by atoms with van der Waals surface area (Å²) in [6.45, 7) is 0. The number of hydrogen-bond acceptors (Lipinski definition) is 2. The van der Waals surface area contributed by atoms with E-state index in [9.17, 15) is 4.79 Å². The molecule has 0 bridgehead atoms. The molecule has 2 aromatic heterocycles. The Hall–Kier alpha value is -2.14. The number of carbonyl (C=O) groups is 1. The largest absolute Gasteiger partial charge is 0.361 e. The van der Waals surface area contributed by atoms with E-state index in [0.717, 1.165) is 15.4 Å². The number of carbonyl (C=O) groups excluding carboxylic acids is 1. The number of aromatic nitrogens is 2. The van der Waals surface area contributed by atoms with Crippen molar-refractivity contribution in [2.75, 3.05) is 5.32 Å². The van der Waals surface area contributed by atoms with Crippen LogP contribution in [0.2, 0.25) is 0 Å². The lowest BCUT2D eigenvalue weighted by molar-refractivity contribution is 0.102. The van der Waals surface area contributed by atoms with Crippen molar-refractivity contribution in [3.05, 3.63) is 58.8 Å². The van der Waals surface area contributed by atoms with Crippen LogP contribution in [0.4, 0.5) is 5.82 Å². The summed E-state index contributed by atoms with van der Waals surface area (Å²) < 4.78 is 0.871. The van der Waals surface area contributed by atoms with Gasteiger partial charge in [0.15, 0.2) is 0 Å². The van der Waals surface area contributed by atoms with Crippen LogP contribution in [0.5, 0.6) is 0 Å². The summed E-state index contributed by atoms with van der Waals surface area (Å²) in [6, 6.07) is 11.1. The summed E-state index contributed by atoms with van der Waals surface area (Å²) in [5.41, 5.74) is 1.43. The first kappa shape index (κ1) is 11.9. The van der Waals surface area contributed by atoms with E-state index in [0.29, 0.717) is 11.4 Å². The maximum atomic E-state index is 12.3. The Morgan fingerprint density at radius 3 is 3.00 bits per heavy atom. The fraction of sp³-hybridized carbons (Fsp3) is 0. The number of nitrogens with one attached hydrogen (secondary N) is 2. The lowest BCUT2D eigenvalue weighted by Crippen LogP contribution is -2.13. The van der Waals surface area contributed by atoms with Gasteiger partial charge in [0.1, 0.15) is 5.82 Å². The first-order valence-corrected chi connectivity index (χ1v) is 6.52. The van der Waals surface area contributed by atoms with Crippen molar-refractivity contribution in [3.8, 4) is 0 Å². The van der Waals surface area contributed by atoms with Crippen LogP contribution in [0.3, 0.4) is 0 Å². The number of pyridine rings is 1. The molecule has 0 radical (unpaired) electrons. The number of hydrogen-bond donors (Lipinski definition) is 2. The van der Waals surface area contributed by atoms with E-state index in [2.05, 4.69) is 31.2 Å². The van der Waals surface area contributed by atoms with E-state index >= 15 is 0 Å². The Labute approximate surface area is 118 Å². The number of fused-ring (bicyclic) bond motifs is 1. The molecule has 0 unspecified atom stereocenters. The van der Waals surface area contributed by atoms with Gasteiger partial charge in [0.2, 0.25) is 0 Å². The van der Waals surface area contributed by atoms with Crippen LogP contribution in [0, 0.1) is 0 Å². The summed E-state index contributed by atoms with van der Waals surface area (Å²) in [5.74, 6) is 0.335. The predicted octanol–water partition coefficient (Wildman–Crippen LogP) is 3.58. The van der Waals surface area contributed by atoms with Crippen LogP contribution in [-0.4, -0.2) is 15.9 Å². The normalized spacial score (nSPS) is 10.6. The van der Waals surface area contributed by atoms with Crippen LogP contribution < -0.4 is 5.32 Å². The van der Waals surface area contributed by atoms with Crippen LogP contribution >= 0.6 is 15.9 Å². The molecule has 1 amide bonds. The van der Waals surface area contributed by atoms with Crippen molar-refractivity contribution in [2.45, 2.75) is 0 Å². The van der Waals surface area contributed by atoms with Crippen LogP contribution in [0.1, 0.15) is 10.4 Å². The van der Waals surface area contributed by atoms with E-state index in [1.165, 1.54) is 0 Å². The molecule has 3 rings (SSSR count). The highest BCUT2D eigenvalue weighted by Crippen LogP contribution is 2.19. The minimum absolute atomic E-state index is 0.182. The quantitative estimate of drug-likeness (QED) is 0.759. The van der Waals surface area contributed by atoms with Gasteiger partial charge in [-0.2, -0.15) is 0 Å². The third kappa shape index (κ3) is 2.37. The Morgan fingerprint density at radius 2 is 2.16 bits per heavy atom. The average Bonchev–Trinajstić information content (AvgIpc) is 2.86. The summed E-state index contributed by atoms with van der Waals surface area (Å²) in [6.07, 6.45) is 3.45.